The molecule has 1 N–H and O–H groups in total. The van der Waals surface area contributed by atoms with Gasteiger partial charge in [0, 0.05) is 6.07 Å². The third-order valence-corrected chi connectivity index (χ3v) is 5.41. The molecule has 158 valence electrons. The number of H-pyrrole nitrogens is 1. The van der Waals surface area contributed by atoms with Crippen LogP contribution in [0.25, 0.3) is 11.1 Å². The van der Waals surface area contributed by atoms with E-state index in [0.717, 1.165) is 31.2 Å². The van der Waals surface area contributed by atoms with Crippen molar-refractivity contribution in [2.45, 2.75) is 51.7 Å². The molecule has 30 heavy (non-hydrogen) atoms. The van der Waals surface area contributed by atoms with Gasteiger partial charge in [0.2, 0.25) is 5.71 Å². The molecule has 2 aromatic heterocycles. The zero-order valence-corrected chi connectivity index (χ0v) is 17.1. The molecule has 1 fully saturated rings. The molecule has 4 rings (SSSR count). The summed E-state index contributed by atoms with van der Waals surface area (Å²) in [4.78, 5) is 31.3. The highest BCUT2D eigenvalue weighted by Gasteiger charge is 2.31. The van der Waals surface area contributed by atoms with Crippen LogP contribution in [0.15, 0.2) is 50.4 Å². The van der Waals surface area contributed by atoms with Crippen molar-refractivity contribution in [3.8, 4) is 6.01 Å². The summed E-state index contributed by atoms with van der Waals surface area (Å²) in [5.74, 6) is 0.421. The zero-order chi connectivity index (χ0) is 20.9. The van der Waals surface area contributed by atoms with E-state index >= 15 is 0 Å². The summed E-state index contributed by atoms with van der Waals surface area (Å²) in [6.45, 7) is 3.33. The lowest BCUT2D eigenvalue weighted by Crippen LogP contribution is -2.37. The third kappa shape index (κ3) is 4.79. The first-order valence-corrected chi connectivity index (χ1v) is 10.5. The molecular formula is C23H26N2O5. The first kappa shape index (κ1) is 20.3. The summed E-state index contributed by atoms with van der Waals surface area (Å²) in [6.07, 6.45) is 4.11. The second-order valence-electron chi connectivity index (χ2n) is 7.82. The summed E-state index contributed by atoms with van der Waals surface area (Å²) < 4.78 is 16.8. The quantitative estimate of drug-likeness (QED) is 0.579. The van der Waals surface area contributed by atoms with Crippen molar-refractivity contribution < 1.29 is 13.9 Å². The van der Waals surface area contributed by atoms with E-state index in [-0.39, 0.29) is 23.4 Å². The van der Waals surface area contributed by atoms with E-state index in [9.17, 15) is 9.59 Å². The van der Waals surface area contributed by atoms with Gasteiger partial charge in [-0.15, -0.1) is 0 Å². The van der Waals surface area contributed by atoms with Crippen LogP contribution in [-0.4, -0.2) is 22.7 Å². The van der Waals surface area contributed by atoms with E-state index in [1.54, 1.807) is 0 Å². The number of aromatic amines is 1. The maximum atomic E-state index is 12.6. The first-order valence-electron chi connectivity index (χ1n) is 10.5. The van der Waals surface area contributed by atoms with E-state index in [1.165, 1.54) is 6.07 Å². The molecule has 1 aliphatic carbocycles. The Morgan fingerprint density at radius 1 is 1.20 bits per heavy atom. The normalized spacial score (nSPS) is 18.3. The average molecular weight is 410 g/mol. The number of unbranched alkanes of at least 4 members (excludes halogenated alkanes) is 1. The summed E-state index contributed by atoms with van der Waals surface area (Å²) in [6, 6.07) is 11.5. The van der Waals surface area contributed by atoms with E-state index in [4.69, 9.17) is 13.9 Å². The molecule has 0 atom stereocenters. The predicted octanol–water partition coefficient (Wildman–Crippen LogP) is 3.59. The number of benzene rings is 1. The first-order chi connectivity index (χ1) is 14.6. The number of nitrogens with zero attached hydrogens (tertiary/aromatic N) is 1. The van der Waals surface area contributed by atoms with Gasteiger partial charge in [-0.2, -0.15) is 4.98 Å². The summed E-state index contributed by atoms with van der Waals surface area (Å²) >= 11 is 0. The van der Waals surface area contributed by atoms with Crippen LogP contribution in [0.3, 0.4) is 0 Å². The Kier molecular flexibility index (Phi) is 6.28. The highest BCUT2D eigenvalue weighted by atomic mass is 16.5. The molecular weight excluding hydrogens is 384 g/mol. The Hall–Kier alpha value is -2.93. The second-order valence-corrected chi connectivity index (χ2v) is 7.82. The van der Waals surface area contributed by atoms with Crippen LogP contribution < -0.4 is 15.9 Å². The van der Waals surface area contributed by atoms with E-state index in [0.29, 0.717) is 36.5 Å². The van der Waals surface area contributed by atoms with Gasteiger partial charge in [-0.25, -0.2) is 4.79 Å². The van der Waals surface area contributed by atoms with Crippen LogP contribution in [0.4, 0.5) is 0 Å². The molecule has 7 heteroatoms. The van der Waals surface area contributed by atoms with Gasteiger partial charge in [-0.3, -0.25) is 9.78 Å². The number of nitrogens with one attached hydrogen (secondary N) is 1. The van der Waals surface area contributed by atoms with Crippen molar-refractivity contribution >= 4 is 11.1 Å². The van der Waals surface area contributed by atoms with Crippen molar-refractivity contribution in [2.75, 3.05) is 6.61 Å². The van der Waals surface area contributed by atoms with Gasteiger partial charge in [0.15, 0.2) is 0 Å². The van der Waals surface area contributed by atoms with E-state index < -0.39 is 5.63 Å². The number of rotatable bonds is 9. The Labute approximate surface area is 174 Å². The molecule has 0 unspecified atom stereocenters. The largest absolute Gasteiger partial charge is 0.461 e. The number of aromatic nitrogens is 2. The molecule has 1 aliphatic rings. The Balaban J connectivity index is 1.35. The minimum Gasteiger partial charge on any atom is -0.461 e. The van der Waals surface area contributed by atoms with Crippen LogP contribution in [0.2, 0.25) is 0 Å². The molecule has 0 spiro atoms. The van der Waals surface area contributed by atoms with Crippen molar-refractivity contribution in [1.29, 1.82) is 0 Å². The average Bonchev–Trinajstić information content (AvgIpc) is 2.70. The van der Waals surface area contributed by atoms with Crippen LogP contribution in [-0.2, 0) is 17.8 Å². The monoisotopic (exact) mass is 410 g/mol. The van der Waals surface area contributed by atoms with Gasteiger partial charge < -0.3 is 13.9 Å². The summed E-state index contributed by atoms with van der Waals surface area (Å²) in [5, 5.41) is 0.330. The fraction of sp³-hybridized carbons (Fsp3) is 0.435. The molecule has 0 amide bonds. The van der Waals surface area contributed by atoms with Gasteiger partial charge in [0.05, 0.1) is 13.2 Å². The number of hydrogen-bond donors (Lipinski definition) is 1. The SMILES string of the molecule is CCCCc1cc(=O)oc2nc(O[C@H]3C[C@H](COCc4ccccc4)C3)[nH]c(=O)c12. The van der Waals surface area contributed by atoms with Crippen LogP contribution >= 0.6 is 0 Å². The second kappa shape index (κ2) is 9.26. The highest BCUT2D eigenvalue weighted by molar-refractivity contribution is 5.75. The number of fused-ring (bicyclic) bond motifs is 1. The minimum atomic E-state index is -0.503. The van der Waals surface area contributed by atoms with Gasteiger partial charge in [-0.1, -0.05) is 43.7 Å². The Morgan fingerprint density at radius 2 is 2.00 bits per heavy atom. The smallest absolute Gasteiger partial charge is 0.337 e. The van der Waals surface area contributed by atoms with E-state index in [2.05, 4.69) is 16.9 Å². The van der Waals surface area contributed by atoms with Gasteiger partial charge in [0.25, 0.3) is 11.6 Å². The molecule has 2 heterocycles. The maximum absolute atomic E-state index is 12.6. The summed E-state index contributed by atoms with van der Waals surface area (Å²) in [5.41, 5.74) is 1.02. The lowest BCUT2D eigenvalue weighted by atomic mass is 9.83. The number of hydrogen-bond acceptors (Lipinski definition) is 6. The Morgan fingerprint density at radius 3 is 2.77 bits per heavy atom. The van der Waals surface area contributed by atoms with Crippen LogP contribution in [0.5, 0.6) is 6.01 Å². The lowest BCUT2D eigenvalue weighted by Gasteiger charge is -2.34. The topological polar surface area (TPSA) is 94.4 Å². The standard InChI is InChI=1S/C23H26N2O5/c1-2-3-9-17-12-19(26)30-22-20(17)21(27)24-23(25-22)29-18-10-16(11-18)14-28-13-15-7-5-4-6-8-15/h4-8,12,16,18H,2-3,9-11,13-14H2,1H3,(H,24,25,27)/t16-,18-. The van der Waals surface area contributed by atoms with Crippen LogP contribution in [0.1, 0.15) is 43.7 Å². The molecule has 1 aromatic carbocycles. The molecule has 3 aromatic rings. The molecule has 0 radical (unpaired) electrons. The van der Waals surface area contributed by atoms with Crippen molar-refractivity contribution in [3.05, 3.63) is 68.3 Å². The fourth-order valence-electron chi connectivity index (χ4n) is 3.73. The van der Waals surface area contributed by atoms with Crippen LogP contribution in [0, 0.1) is 5.92 Å². The minimum absolute atomic E-state index is 0.0362. The molecule has 0 aliphatic heterocycles. The molecule has 0 bridgehead atoms. The van der Waals surface area contributed by atoms with Crippen molar-refractivity contribution in [2.24, 2.45) is 5.92 Å². The van der Waals surface area contributed by atoms with Gasteiger partial charge in [0.1, 0.15) is 11.5 Å². The third-order valence-electron chi connectivity index (χ3n) is 5.41. The molecule has 7 nitrogen and oxygen atoms in total. The maximum Gasteiger partial charge on any atom is 0.337 e. The van der Waals surface area contributed by atoms with Gasteiger partial charge in [-0.05, 0) is 42.7 Å². The highest BCUT2D eigenvalue weighted by Crippen LogP contribution is 2.31. The van der Waals surface area contributed by atoms with Crippen molar-refractivity contribution in [1.82, 2.24) is 9.97 Å². The Bertz CT molecular complexity index is 1100. The fourth-order valence-corrected chi connectivity index (χ4v) is 3.73. The predicted molar refractivity (Wildman–Crippen MR) is 113 cm³/mol. The number of ether oxygens (including phenoxy) is 2. The van der Waals surface area contributed by atoms with E-state index in [1.807, 2.05) is 30.3 Å². The number of aryl methyl sites for hydroxylation is 1. The van der Waals surface area contributed by atoms with Gasteiger partial charge >= 0.3 is 5.63 Å². The molecule has 1 saturated carbocycles. The molecule has 0 saturated heterocycles. The lowest BCUT2D eigenvalue weighted by molar-refractivity contribution is -0.00616. The van der Waals surface area contributed by atoms with Crippen molar-refractivity contribution in [3.63, 3.8) is 0 Å². The zero-order valence-electron chi connectivity index (χ0n) is 17.1. The summed E-state index contributed by atoms with van der Waals surface area (Å²) in [7, 11) is 0.